The van der Waals surface area contributed by atoms with Crippen molar-refractivity contribution in [1.29, 1.82) is 0 Å². The molecule has 2 N–H and O–H groups in total. The Morgan fingerprint density at radius 2 is 1.89 bits per heavy atom. The zero-order valence-corrected chi connectivity index (χ0v) is 22.9. The topological polar surface area (TPSA) is 108 Å². The number of aromatic nitrogens is 3. The number of nitrogens with zero attached hydrogens (tertiary/aromatic N) is 3. The molecule has 11 heteroatoms. The van der Waals surface area contributed by atoms with Crippen LogP contribution < -0.4 is 9.97 Å². The van der Waals surface area contributed by atoms with Gasteiger partial charge < -0.3 is 10.1 Å². The number of rotatable bonds is 4. The molecular weight excluding hydrogens is 600 g/mol. The minimum Gasteiger partial charge on any atom is -0.481 e. The fourth-order valence-corrected chi connectivity index (χ4v) is 7.27. The third-order valence-corrected chi connectivity index (χ3v) is 8.80. The molecule has 0 spiro atoms. The summed E-state index contributed by atoms with van der Waals surface area (Å²) in [6, 6.07) is 10.3. The van der Waals surface area contributed by atoms with Crippen molar-refractivity contribution in [3.63, 3.8) is 0 Å². The van der Waals surface area contributed by atoms with Crippen molar-refractivity contribution in [3.8, 4) is 0 Å². The van der Waals surface area contributed by atoms with E-state index in [0.717, 1.165) is 34.1 Å². The summed E-state index contributed by atoms with van der Waals surface area (Å²) in [7, 11) is 0. The van der Waals surface area contributed by atoms with Crippen molar-refractivity contribution < 1.29 is 14.7 Å². The van der Waals surface area contributed by atoms with Gasteiger partial charge in [0.05, 0.1) is 16.8 Å². The van der Waals surface area contributed by atoms with Crippen LogP contribution in [0, 0.1) is 19.8 Å². The van der Waals surface area contributed by atoms with Crippen molar-refractivity contribution in [2.75, 3.05) is 4.41 Å². The van der Waals surface area contributed by atoms with Crippen LogP contribution in [0.2, 0.25) is 0 Å². The largest absolute Gasteiger partial charge is 0.481 e. The maximum Gasteiger partial charge on any atom is 0.307 e. The van der Waals surface area contributed by atoms with Gasteiger partial charge in [0, 0.05) is 31.1 Å². The first kappa shape index (κ1) is 24.1. The first-order chi connectivity index (χ1) is 16.6. The Hall–Kier alpha value is -2.63. The van der Waals surface area contributed by atoms with E-state index in [9.17, 15) is 19.5 Å². The van der Waals surface area contributed by atoms with Crippen LogP contribution in [0.4, 0.5) is 0 Å². The van der Waals surface area contributed by atoms with Gasteiger partial charge in [-0.15, -0.1) is 0 Å². The maximum atomic E-state index is 13.8. The third-order valence-electron chi connectivity index (χ3n) is 6.28. The van der Waals surface area contributed by atoms with Crippen LogP contribution in [-0.2, 0) is 9.59 Å². The van der Waals surface area contributed by atoms with Crippen LogP contribution >= 0.6 is 43.8 Å². The second kappa shape index (κ2) is 8.79. The van der Waals surface area contributed by atoms with E-state index in [1.165, 1.54) is 11.6 Å². The highest BCUT2D eigenvalue weighted by molar-refractivity contribution is 9.11. The molecule has 180 valence electrons. The molecule has 5 rings (SSSR count). The molecule has 1 aliphatic rings. The Morgan fingerprint density at radius 1 is 1.17 bits per heavy atom. The lowest BCUT2D eigenvalue weighted by molar-refractivity contribution is -0.142. The first-order valence-corrected chi connectivity index (χ1v) is 13.2. The maximum absolute atomic E-state index is 13.8. The Morgan fingerprint density at radius 3 is 2.60 bits per heavy atom. The van der Waals surface area contributed by atoms with Crippen LogP contribution in [0.15, 0.2) is 50.1 Å². The number of carboxylic acids is 1. The minimum absolute atomic E-state index is 0.264. The molecule has 1 fully saturated rings. The number of H-pyrrole nitrogens is 1. The third kappa shape index (κ3) is 3.80. The van der Waals surface area contributed by atoms with Crippen LogP contribution in [0.25, 0.3) is 21.8 Å². The predicted octanol–water partition coefficient (Wildman–Crippen LogP) is 5.02. The summed E-state index contributed by atoms with van der Waals surface area (Å²) in [5, 5.41) is 10.0. The number of aryl methyl sites for hydroxylation is 2. The fourth-order valence-electron chi connectivity index (χ4n) is 4.57. The number of hydrogen-bond acceptors (Lipinski definition) is 6. The van der Waals surface area contributed by atoms with Gasteiger partial charge >= 0.3 is 5.97 Å². The average molecular weight is 620 g/mol. The number of aliphatic carboxylic acids is 1. The lowest BCUT2D eigenvalue weighted by Crippen LogP contribution is -2.41. The molecule has 3 heterocycles. The number of fused-ring (bicyclic) bond motifs is 2. The Kier molecular flexibility index (Phi) is 6.05. The second-order valence-electron chi connectivity index (χ2n) is 8.53. The van der Waals surface area contributed by atoms with Gasteiger partial charge in [-0.1, -0.05) is 41.1 Å². The van der Waals surface area contributed by atoms with E-state index in [1.807, 2.05) is 37.3 Å². The zero-order chi connectivity index (χ0) is 25.2. The number of ketones is 1. The van der Waals surface area contributed by atoms with E-state index in [0.29, 0.717) is 25.7 Å². The summed E-state index contributed by atoms with van der Waals surface area (Å²) in [5.74, 6) is -1.89. The standard InChI is InChI=1S/C24H20Br2N4O4S/c1-10(24(33)34)22-21(31)20(18-11(2)27-17-7-5-4-6-14(17)18)30(35-22)29-12(3)28-19-15(23(29)32)8-13(25)9-16(19)26/h4-10,20,22,27H,1-3H3,(H,33,34). The number of para-hydroxylation sites is 1. The van der Waals surface area contributed by atoms with Crippen LogP contribution in [-0.4, -0.2) is 36.8 Å². The van der Waals surface area contributed by atoms with E-state index in [1.54, 1.807) is 17.4 Å². The van der Waals surface area contributed by atoms with Gasteiger partial charge in [-0.2, -0.15) is 4.68 Å². The van der Waals surface area contributed by atoms with Crippen molar-refractivity contribution in [3.05, 3.63) is 72.8 Å². The summed E-state index contributed by atoms with van der Waals surface area (Å²) < 4.78 is 4.37. The molecule has 1 aliphatic heterocycles. The number of carbonyl (C=O) groups is 2. The van der Waals surface area contributed by atoms with Gasteiger partial charge in [0.2, 0.25) is 0 Å². The number of carbonyl (C=O) groups excluding carboxylic acids is 1. The van der Waals surface area contributed by atoms with Gasteiger partial charge in [0.1, 0.15) is 17.1 Å². The molecule has 0 radical (unpaired) electrons. The van der Waals surface area contributed by atoms with E-state index in [-0.39, 0.29) is 11.3 Å². The van der Waals surface area contributed by atoms with E-state index in [2.05, 4.69) is 41.8 Å². The molecule has 8 nitrogen and oxygen atoms in total. The van der Waals surface area contributed by atoms with Gasteiger partial charge in [0.15, 0.2) is 5.78 Å². The van der Waals surface area contributed by atoms with Crippen molar-refractivity contribution in [2.24, 2.45) is 5.92 Å². The molecule has 0 aliphatic carbocycles. The number of carboxylic acid groups (broad SMARTS) is 1. The minimum atomic E-state index is -1.07. The smallest absolute Gasteiger partial charge is 0.307 e. The molecule has 3 atom stereocenters. The molecule has 2 aromatic heterocycles. The quantitative estimate of drug-likeness (QED) is 0.309. The monoisotopic (exact) mass is 618 g/mol. The summed E-state index contributed by atoms with van der Waals surface area (Å²) >= 11 is 7.97. The van der Waals surface area contributed by atoms with Crippen molar-refractivity contribution >= 4 is 77.4 Å². The summed E-state index contributed by atoms with van der Waals surface area (Å²) in [6.07, 6.45) is 0. The van der Waals surface area contributed by atoms with Crippen LogP contribution in [0.1, 0.15) is 30.0 Å². The van der Waals surface area contributed by atoms with E-state index < -0.39 is 23.2 Å². The highest BCUT2D eigenvalue weighted by Crippen LogP contribution is 2.45. The first-order valence-electron chi connectivity index (χ1n) is 10.8. The Bertz CT molecular complexity index is 1600. The lowest BCUT2D eigenvalue weighted by Gasteiger charge is -2.27. The van der Waals surface area contributed by atoms with Crippen LogP contribution in [0.3, 0.4) is 0 Å². The highest BCUT2D eigenvalue weighted by Gasteiger charge is 2.49. The fraction of sp³-hybridized carbons (Fsp3) is 0.250. The van der Waals surface area contributed by atoms with Gasteiger partial charge in [-0.25, -0.2) is 9.40 Å². The lowest BCUT2D eigenvalue weighted by atomic mass is 9.93. The number of nitrogens with one attached hydrogen (secondary N) is 1. The highest BCUT2D eigenvalue weighted by atomic mass is 79.9. The number of aromatic amines is 1. The van der Waals surface area contributed by atoms with Gasteiger partial charge in [-0.3, -0.25) is 14.4 Å². The second-order valence-corrected chi connectivity index (χ2v) is 11.4. The summed E-state index contributed by atoms with van der Waals surface area (Å²) in [4.78, 5) is 47.5. The number of benzene rings is 2. The van der Waals surface area contributed by atoms with E-state index in [4.69, 9.17) is 0 Å². The van der Waals surface area contributed by atoms with Gasteiger partial charge in [-0.05, 0) is 59.9 Å². The average Bonchev–Trinajstić information content (AvgIpc) is 3.29. The normalized spacial score (nSPS) is 19.1. The summed E-state index contributed by atoms with van der Waals surface area (Å²) in [6.45, 7) is 5.10. The molecule has 4 aromatic rings. The van der Waals surface area contributed by atoms with Crippen LogP contribution in [0.5, 0.6) is 0 Å². The predicted molar refractivity (Wildman–Crippen MR) is 143 cm³/mol. The van der Waals surface area contributed by atoms with E-state index >= 15 is 0 Å². The Labute approximate surface area is 221 Å². The summed E-state index contributed by atoms with van der Waals surface area (Å²) in [5.41, 5.74) is 2.53. The molecule has 3 unspecified atom stereocenters. The zero-order valence-electron chi connectivity index (χ0n) is 18.9. The molecular formula is C24H20Br2N4O4S. The number of hydrogen-bond donors (Lipinski definition) is 2. The molecule has 0 amide bonds. The Balaban J connectivity index is 1.78. The van der Waals surface area contributed by atoms with Gasteiger partial charge in [0.25, 0.3) is 5.56 Å². The molecule has 0 saturated carbocycles. The number of Topliss-reactive ketones (excluding diaryl/α,β-unsaturated/α-hetero) is 1. The molecule has 0 bridgehead atoms. The molecule has 35 heavy (non-hydrogen) atoms. The number of halogens is 2. The SMILES string of the molecule is Cc1[nH]c2ccccc2c1C1C(=O)C(C(C)C(=O)O)SN1n1c(C)nc2c(Br)cc(Br)cc2c1=O. The molecule has 2 aromatic carbocycles. The molecule has 1 saturated heterocycles. The van der Waals surface area contributed by atoms with Crippen molar-refractivity contribution in [2.45, 2.75) is 32.1 Å². The van der Waals surface area contributed by atoms with Crippen molar-refractivity contribution in [1.82, 2.24) is 14.6 Å².